The third-order valence-electron chi connectivity index (χ3n) is 6.22. The maximum atomic E-state index is 13.0. The molecule has 4 aromatic rings. The lowest BCUT2D eigenvalue weighted by Crippen LogP contribution is -2.35. The number of hydrogen-bond acceptors (Lipinski definition) is 4. The summed E-state index contributed by atoms with van der Waals surface area (Å²) in [6.07, 6.45) is 3.98. The van der Waals surface area contributed by atoms with Crippen LogP contribution < -0.4 is 10.3 Å². The molecule has 2 aromatic carbocycles. The van der Waals surface area contributed by atoms with Crippen LogP contribution in [-0.2, 0) is 17.9 Å². The quantitative estimate of drug-likeness (QED) is 0.423. The number of piperidine rings is 1. The Morgan fingerprint density at radius 2 is 1.83 bits per heavy atom. The van der Waals surface area contributed by atoms with E-state index in [1.807, 2.05) is 22.8 Å². The Morgan fingerprint density at radius 1 is 1.00 bits per heavy atom. The van der Waals surface area contributed by atoms with Crippen LogP contribution >= 0.6 is 0 Å². The van der Waals surface area contributed by atoms with E-state index in [4.69, 9.17) is 9.72 Å². The number of amides is 1. The first-order valence-corrected chi connectivity index (χ1v) is 11.5. The fourth-order valence-corrected chi connectivity index (χ4v) is 4.45. The van der Waals surface area contributed by atoms with Crippen molar-refractivity contribution in [1.29, 1.82) is 0 Å². The number of H-pyrrole nitrogens is 1. The first kappa shape index (κ1) is 22.8. The fraction of sp³-hybridized carbons (Fsp3) is 0.269. The van der Waals surface area contributed by atoms with Crippen LogP contribution in [0.15, 0.2) is 65.6 Å². The van der Waals surface area contributed by atoms with E-state index in [0.717, 1.165) is 35.0 Å². The van der Waals surface area contributed by atoms with E-state index in [0.29, 0.717) is 30.9 Å². The molecule has 1 fully saturated rings. The molecule has 1 aliphatic heterocycles. The van der Waals surface area contributed by atoms with Crippen LogP contribution in [0.1, 0.15) is 30.7 Å². The van der Waals surface area contributed by atoms with Crippen molar-refractivity contribution >= 4 is 16.9 Å². The molecular formula is C26H24F2N4O3. The number of para-hydroxylation sites is 1. The number of ether oxygens (including phenoxy) is 1. The van der Waals surface area contributed by atoms with Crippen LogP contribution in [0.3, 0.4) is 0 Å². The summed E-state index contributed by atoms with van der Waals surface area (Å²) in [5.41, 5.74) is 3.60. The van der Waals surface area contributed by atoms with Crippen molar-refractivity contribution < 1.29 is 18.3 Å². The third-order valence-corrected chi connectivity index (χ3v) is 6.22. The van der Waals surface area contributed by atoms with Gasteiger partial charge in [-0.05, 0) is 48.2 Å². The number of nitrogens with one attached hydrogen (secondary N) is 1. The lowest BCUT2D eigenvalue weighted by atomic mass is 10.1. The minimum atomic E-state index is -2.94. The Balaban J connectivity index is 1.60. The second-order valence-corrected chi connectivity index (χ2v) is 8.52. The van der Waals surface area contributed by atoms with Crippen molar-refractivity contribution in [2.75, 3.05) is 6.54 Å². The molecule has 0 atom stereocenters. The van der Waals surface area contributed by atoms with E-state index in [9.17, 15) is 18.4 Å². The second kappa shape index (κ2) is 9.69. The Bertz CT molecular complexity index is 1410. The highest BCUT2D eigenvalue weighted by atomic mass is 19.3. The summed E-state index contributed by atoms with van der Waals surface area (Å²) < 4.78 is 32.7. The topological polar surface area (TPSA) is 80.2 Å². The highest BCUT2D eigenvalue weighted by molar-refractivity contribution is 5.83. The van der Waals surface area contributed by atoms with Crippen molar-refractivity contribution in [1.82, 2.24) is 19.4 Å². The number of imidazole rings is 1. The van der Waals surface area contributed by atoms with E-state index in [1.165, 1.54) is 12.1 Å². The van der Waals surface area contributed by atoms with Gasteiger partial charge in [-0.25, -0.2) is 4.98 Å². The number of aromatic amines is 1. The van der Waals surface area contributed by atoms with E-state index >= 15 is 0 Å². The van der Waals surface area contributed by atoms with Crippen molar-refractivity contribution in [2.24, 2.45) is 0 Å². The summed E-state index contributed by atoms with van der Waals surface area (Å²) in [6.45, 7) is -1.70. The van der Waals surface area contributed by atoms with Gasteiger partial charge in [-0.1, -0.05) is 24.3 Å². The van der Waals surface area contributed by atoms with Gasteiger partial charge in [-0.3, -0.25) is 9.59 Å². The van der Waals surface area contributed by atoms with Crippen LogP contribution in [0.4, 0.5) is 8.78 Å². The highest BCUT2D eigenvalue weighted by Gasteiger charge is 2.22. The highest BCUT2D eigenvalue weighted by Crippen LogP contribution is 2.29. The Hall–Kier alpha value is -4.01. The van der Waals surface area contributed by atoms with Crippen molar-refractivity contribution in [2.45, 2.75) is 39.0 Å². The van der Waals surface area contributed by atoms with Crippen LogP contribution in [-0.4, -0.2) is 38.5 Å². The Labute approximate surface area is 200 Å². The van der Waals surface area contributed by atoms with Gasteiger partial charge in [-0.2, -0.15) is 8.78 Å². The van der Waals surface area contributed by atoms with Crippen LogP contribution in [0.25, 0.3) is 22.2 Å². The number of halogens is 2. The van der Waals surface area contributed by atoms with Gasteiger partial charge in [-0.15, -0.1) is 0 Å². The fourth-order valence-electron chi connectivity index (χ4n) is 4.45. The van der Waals surface area contributed by atoms with Gasteiger partial charge >= 0.3 is 6.61 Å². The molecule has 0 saturated carbocycles. The van der Waals surface area contributed by atoms with Crippen molar-refractivity contribution in [3.05, 3.63) is 82.5 Å². The van der Waals surface area contributed by atoms with E-state index < -0.39 is 6.61 Å². The summed E-state index contributed by atoms with van der Waals surface area (Å²) in [5, 5.41) is 0. The van der Waals surface area contributed by atoms with E-state index in [-0.39, 0.29) is 23.8 Å². The maximum Gasteiger partial charge on any atom is 0.387 e. The molecule has 0 unspecified atom stereocenters. The van der Waals surface area contributed by atoms with E-state index in [2.05, 4.69) is 4.98 Å². The maximum absolute atomic E-state index is 13.0. The molecule has 180 valence electrons. The normalized spacial score (nSPS) is 14.1. The molecule has 0 bridgehead atoms. The predicted octanol–water partition coefficient (Wildman–Crippen LogP) is 4.55. The molecule has 5 rings (SSSR count). The zero-order chi connectivity index (χ0) is 24.4. The number of aromatic nitrogens is 3. The molecule has 1 amide bonds. The molecule has 1 aliphatic rings. The summed E-state index contributed by atoms with van der Waals surface area (Å²) in [6, 6.07) is 15.6. The van der Waals surface area contributed by atoms with Gasteiger partial charge in [0.05, 0.1) is 24.1 Å². The number of likely N-dealkylation sites (tertiary alicyclic amines) is 1. The number of pyridine rings is 1. The number of benzene rings is 2. The number of carbonyl (C=O) groups excluding carboxylic acids is 1. The standard InChI is InChI=1S/C26H24F2N4O3/c27-26(28)35-22-6-2-1-5-19(22)15-32-21-13-17(18-9-11-24(33)29-14-18)8-10-20(21)30-23(32)16-31-12-4-3-7-25(31)34/h1-2,5-6,8-11,13-14,26H,3-4,7,12,15-16H2,(H,29,33). The summed E-state index contributed by atoms with van der Waals surface area (Å²) in [7, 11) is 0. The van der Waals surface area contributed by atoms with Crippen molar-refractivity contribution in [3.63, 3.8) is 0 Å². The largest absolute Gasteiger partial charge is 0.434 e. The van der Waals surface area contributed by atoms with Gasteiger partial charge in [0.2, 0.25) is 11.5 Å². The summed E-state index contributed by atoms with van der Waals surface area (Å²) in [4.78, 5) is 33.2. The monoisotopic (exact) mass is 478 g/mol. The second-order valence-electron chi connectivity index (χ2n) is 8.52. The van der Waals surface area contributed by atoms with Gasteiger partial charge in [0.15, 0.2) is 0 Å². The molecular weight excluding hydrogens is 454 g/mol. The smallest absolute Gasteiger partial charge is 0.387 e. The van der Waals surface area contributed by atoms with E-state index in [1.54, 1.807) is 35.4 Å². The van der Waals surface area contributed by atoms with Gasteiger partial charge in [0.1, 0.15) is 11.6 Å². The van der Waals surface area contributed by atoms with Crippen LogP contribution in [0.5, 0.6) is 5.75 Å². The first-order chi connectivity index (χ1) is 17.0. The van der Waals surface area contributed by atoms with Crippen molar-refractivity contribution in [3.8, 4) is 16.9 Å². The number of carbonyl (C=O) groups is 1. The number of fused-ring (bicyclic) bond motifs is 1. The molecule has 0 spiro atoms. The average Bonchev–Trinajstić information content (AvgIpc) is 3.18. The molecule has 1 N–H and O–H groups in total. The molecule has 3 heterocycles. The summed E-state index contributed by atoms with van der Waals surface area (Å²) in [5.74, 6) is 0.854. The number of hydrogen-bond donors (Lipinski definition) is 1. The zero-order valence-electron chi connectivity index (χ0n) is 18.9. The molecule has 35 heavy (non-hydrogen) atoms. The van der Waals surface area contributed by atoms with Gasteiger partial charge < -0.3 is 19.2 Å². The minimum Gasteiger partial charge on any atom is -0.434 e. The SMILES string of the molecule is O=C1CCCCN1Cc1nc2ccc(-c3ccc(=O)[nH]c3)cc2n1Cc1ccccc1OC(F)F. The third kappa shape index (κ3) is 4.94. The molecule has 1 saturated heterocycles. The molecule has 9 heteroatoms. The minimum absolute atomic E-state index is 0.0882. The number of rotatable bonds is 7. The molecule has 2 aromatic heterocycles. The molecule has 0 radical (unpaired) electrons. The first-order valence-electron chi connectivity index (χ1n) is 11.5. The number of alkyl halides is 2. The predicted molar refractivity (Wildman–Crippen MR) is 127 cm³/mol. The van der Waals surface area contributed by atoms with Crippen LogP contribution in [0.2, 0.25) is 0 Å². The molecule has 7 nitrogen and oxygen atoms in total. The van der Waals surface area contributed by atoms with Gasteiger partial charge in [0.25, 0.3) is 0 Å². The molecule has 0 aliphatic carbocycles. The Morgan fingerprint density at radius 3 is 2.60 bits per heavy atom. The lowest BCUT2D eigenvalue weighted by molar-refractivity contribution is -0.134. The zero-order valence-corrected chi connectivity index (χ0v) is 18.9. The Kier molecular flexibility index (Phi) is 6.31. The van der Waals surface area contributed by atoms with Crippen LogP contribution in [0, 0.1) is 0 Å². The average molecular weight is 478 g/mol. The lowest BCUT2D eigenvalue weighted by Gasteiger charge is -2.26. The summed E-state index contributed by atoms with van der Waals surface area (Å²) >= 11 is 0. The van der Waals surface area contributed by atoms with Gasteiger partial charge in [0, 0.05) is 30.8 Å². The number of nitrogens with zero attached hydrogens (tertiary/aromatic N) is 3.